The smallest absolute Gasteiger partial charge is 0.253 e. The first-order valence-electron chi connectivity index (χ1n) is 11.8. The normalized spacial score (nSPS) is 11.4. The minimum Gasteiger partial charge on any atom is -0.364 e. The van der Waals surface area contributed by atoms with E-state index in [9.17, 15) is 13.2 Å². The van der Waals surface area contributed by atoms with E-state index in [4.69, 9.17) is 11.6 Å². The minimum absolute atomic E-state index is 0.0491. The summed E-state index contributed by atoms with van der Waals surface area (Å²) >= 11 is 6.32. The number of aromatic nitrogens is 3. The third-order valence-corrected chi connectivity index (χ3v) is 7.25. The second-order valence-electron chi connectivity index (χ2n) is 9.15. The number of carbonyl (C=O) groups is 1. The molecule has 38 heavy (non-hydrogen) atoms. The standard InChI is InChI=1S/C25H33ClN8O3S/c1-17-14-18(24(35)33(4)13-12-32(2)3)9-10-21(17)30-25-29-16-20(26)22(31-25)28-15-19-8-7-11-27-23(19)34(5)38(6,36)37/h7-11,14,16H,12-13,15H2,1-6H3,(H2,28,29,30,31). The van der Waals surface area contributed by atoms with Gasteiger partial charge in [-0.25, -0.2) is 18.4 Å². The van der Waals surface area contributed by atoms with Crippen LogP contribution in [0, 0.1) is 6.92 Å². The van der Waals surface area contributed by atoms with Crippen molar-refractivity contribution < 1.29 is 13.2 Å². The lowest BCUT2D eigenvalue weighted by molar-refractivity contribution is 0.0786. The largest absolute Gasteiger partial charge is 0.364 e. The molecule has 2 heterocycles. The molecule has 1 aromatic carbocycles. The molecule has 0 aliphatic heterocycles. The number of benzene rings is 1. The first-order chi connectivity index (χ1) is 17.9. The number of aryl methyl sites for hydroxylation is 1. The van der Waals surface area contributed by atoms with Crippen molar-refractivity contribution in [3.63, 3.8) is 0 Å². The van der Waals surface area contributed by atoms with Crippen LogP contribution in [0.1, 0.15) is 21.5 Å². The second kappa shape index (κ2) is 12.4. The van der Waals surface area contributed by atoms with E-state index in [2.05, 4.69) is 25.6 Å². The minimum atomic E-state index is -3.48. The van der Waals surface area contributed by atoms with E-state index in [-0.39, 0.29) is 12.5 Å². The number of rotatable bonds is 11. The summed E-state index contributed by atoms with van der Waals surface area (Å²) in [6.07, 6.45) is 4.12. The monoisotopic (exact) mass is 560 g/mol. The van der Waals surface area contributed by atoms with Crippen LogP contribution >= 0.6 is 11.6 Å². The van der Waals surface area contributed by atoms with Gasteiger partial charge in [-0.1, -0.05) is 17.7 Å². The maximum Gasteiger partial charge on any atom is 0.253 e. The number of likely N-dealkylation sites (N-methyl/N-ethyl adjacent to an activating group) is 2. The van der Waals surface area contributed by atoms with E-state index in [1.807, 2.05) is 38.1 Å². The SMILES string of the molecule is Cc1cc(C(=O)N(C)CCN(C)C)ccc1Nc1ncc(Cl)c(NCc2cccnc2N(C)S(C)(=O)=O)n1. The number of amides is 1. The average Bonchev–Trinajstić information content (AvgIpc) is 2.87. The second-order valence-corrected chi connectivity index (χ2v) is 11.6. The summed E-state index contributed by atoms with van der Waals surface area (Å²) < 4.78 is 25.1. The van der Waals surface area contributed by atoms with Crippen molar-refractivity contribution in [1.82, 2.24) is 24.8 Å². The summed E-state index contributed by atoms with van der Waals surface area (Å²) in [5.41, 5.74) is 2.85. The third kappa shape index (κ3) is 7.53. The van der Waals surface area contributed by atoms with Gasteiger partial charge in [0.15, 0.2) is 5.82 Å². The fourth-order valence-corrected chi connectivity index (χ4v) is 4.10. The zero-order chi connectivity index (χ0) is 28.0. The molecule has 204 valence electrons. The Morgan fingerprint density at radius 3 is 2.47 bits per heavy atom. The Balaban J connectivity index is 1.74. The Labute approximate surface area is 228 Å². The van der Waals surface area contributed by atoms with Crippen molar-refractivity contribution in [1.29, 1.82) is 0 Å². The molecule has 0 atom stereocenters. The molecule has 0 aliphatic carbocycles. The molecule has 1 amide bonds. The van der Waals surface area contributed by atoms with E-state index in [0.717, 1.165) is 28.4 Å². The Bertz CT molecular complexity index is 1400. The summed E-state index contributed by atoms with van der Waals surface area (Å²) in [6.45, 7) is 3.54. The highest BCUT2D eigenvalue weighted by Crippen LogP contribution is 2.26. The van der Waals surface area contributed by atoms with Gasteiger partial charge < -0.3 is 20.4 Å². The van der Waals surface area contributed by atoms with Crippen LogP contribution in [-0.4, -0.2) is 86.6 Å². The van der Waals surface area contributed by atoms with Crippen molar-refractivity contribution in [3.05, 3.63) is 64.4 Å². The van der Waals surface area contributed by atoms with Gasteiger partial charge in [0.25, 0.3) is 5.91 Å². The molecule has 2 aromatic heterocycles. The molecule has 0 bridgehead atoms. The van der Waals surface area contributed by atoms with Crippen LogP contribution in [0.4, 0.5) is 23.3 Å². The van der Waals surface area contributed by atoms with Crippen molar-refractivity contribution >= 4 is 50.8 Å². The molecule has 0 saturated heterocycles. The van der Waals surface area contributed by atoms with Gasteiger partial charge in [0, 0.05) is 56.7 Å². The van der Waals surface area contributed by atoms with Crippen LogP contribution in [0.2, 0.25) is 5.02 Å². The van der Waals surface area contributed by atoms with E-state index in [1.54, 1.807) is 30.1 Å². The summed E-state index contributed by atoms with van der Waals surface area (Å²) in [6, 6.07) is 8.91. The highest BCUT2D eigenvalue weighted by Gasteiger charge is 2.18. The summed E-state index contributed by atoms with van der Waals surface area (Å²) in [5, 5.41) is 6.61. The number of pyridine rings is 1. The molecule has 0 unspecified atom stereocenters. The summed E-state index contributed by atoms with van der Waals surface area (Å²) in [4.78, 5) is 29.4. The van der Waals surface area contributed by atoms with Gasteiger partial charge >= 0.3 is 0 Å². The lowest BCUT2D eigenvalue weighted by Crippen LogP contribution is -2.33. The van der Waals surface area contributed by atoms with Gasteiger partial charge in [0.05, 0.1) is 12.5 Å². The molecule has 0 fully saturated rings. The Kier molecular flexibility index (Phi) is 9.47. The number of hydrogen-bond acceptors (Lipinski definition) is 9. The van der Waals surface area contributed by atoms with Crippen molar-refractivity contribution in [2.24, 2.45) is 0 Å². The molecule has 13 heteroatoms. The van der Waals surface area contributed by atoms with Crippen LogP contribution in [0.25, 0.3) is 0 Å². The van der Waals surface area contributed by atoms with Gasteiger partial charge in [0.2, 0.25) is 16.0 Å². The Morgan fingerprint density at radius 2 is 1.82 bits per heavy atom. The number of carbonyl (C=O) groups excluding carboxylic acids is 1. The molecule has 0 saturated carbocycles. The van der Waals surface area contributed by atoms with E-state index >= 15 is 0 Å². The molecule has 0 spiro atoms. The molecule has 3 aromatic rings. The lowest BCUT2D eigenvalue weighted by atomic mass is 10.1. The topological polar surface area (TPSA) is 124 Å². The van der Waals surface area contributed by atoms with E-state index in [1.165, 1.54) is 19.4 Å². The zero-order valence-corrected chi connectivity index (χ0v) is 23.9. The first-order valence-corrected chi connectivity index (χ1v) is 14.0. The Morgan fingerprint density at radius 1 is 1.08 bits per heavy atom. The highest BCUT2D eigenvalue weighted by atomic mass is 35.5. The van der Waals surface area contributed by atoms with Gasteiger partial charge in [-0.3, -0.25) is 9.10 Å². The number of anilines is 4. The van der Waals surface area contributed by atoms with Crippen molar-refractivity contribution in [2.45, 2.75) is 13.5 Å². The number of nitrogens with zero attached hydrogens (tertiary/aromatic N) is 6. The van der Waals surface area contributed by atoms with Gasteiger partial charge in [-0.15, -0.1) is 0 Å². The Hall–Kier alpha value is -3.48. The molecule has 0 aliphatic rings. The fourth-order valence-electron chi connectivity index (χ4n) is 3.47. The van der Waals surface area contributed by atoms with E-state index < -0.39 is 10.0 Å². The molecule has 3 rings (SSSR count). The third-order valence-electron chi connectivity index (χ3n) is 5.80. The first kappa shape index (κ1) is 29.1. The molecular formula is C25H33ClN8O3S. The van der Waals surface area contributed by atoms with Crippen LogP contribution in [0.3, 0.4) is 0 Å². The zero-order valence-electron chi connectivity index (χ0n) is 22.4. The predicted molar refractivity (Wildman–Crippen MR) is 152 cm³/mol. The highest BCUT2D eigenvalue weighted by molar-refractivity contribution is 7.92. The quantitative estimate of drug-likeness (QED) is 0.364. The van der Waals surface area contributed by atoms with Crippen molar-refractivity contribution in [2.75, 3.05) is 62.5 Å². The number of sulfonamides is 1. The van der Waals surface area contributed by atoms with E-state index in [0.29, 0.717) is 40.3 Å². The van der Waals surface area contributed by atoms with Gasteiger partial charge in [-0.2, -0.15) is 4.98 Å². The molecule has 0 radical (unpaired) electrons. The van der Waals surface area contributed by atoms with Crippen LogP contribution in [0.5, 0.6) is 0 Å². The average molecular weight is 561 g/mol. The van der Waals surface area contributed by atoms with Gasteiger partial charge in [-0.05, 0) is 50.8 Å². The number of halogens is 1. The van der Waals surface area contributed by atoms with Crippen LogP contribution in [-0.2, 0) is 16.6 Å². The number of nitrogens with one attached hydrogen (secondary N) is 2. The summed E-state index contributed by atoms with van der Waals surface area (Å²) in [7, 11) is 3.70. The maximum atomic E-state index is 12.8. The molecule has 11 nitrogen and oxygen atoms in total. The predicted octanol–water partition coefficient (Wildman–Crippen LogP) is 3.22. The summed E-state index contributed by atoms with van der Waals surface area (Å²) in [5.74, 6) is 0.936. The fraction of sp³-hybridized carbons (Fsp3) is 0.360. The van der Waals surface area contributed by atoms with Crippen LogP contribution < -0.4 is 14.9 Å². The van der Waals surface area contributed by atoms with Crippen molar-refractivity contribution in [3.8, 4) is 0 Å². The molecular weight excluding hydrogens is 528 g/mol. The maximum absolute atomic E-state index is 12.8. The number of hydrogen-bond donors (Lipinski definition) is 2. The van der Waals surface area contributed by atoms with Crippen LogP contribution in [0.15, 0.2) is 42.7 Å². The lowest BCUT2D eigenvalue weighted by Gasteiger charge is -2.20. The molecule has 2 N–H and O–H groups in total. The van der Waals surface area contributed by atoms with Gasteiger partial charge in [0.1, 0.15) is 10.8 Å².